The number of fused-ring (bicyclic) bond motifs is 4. The van der Waals surface area contributed by atoms with Crippen LogP contribution in [0.15, 0.2) is 138 Å². The summed E-state index contributed by atoms with van der Waals surface area (Å²) in [6.07, 6.45) is 3.63. The average molecular weight is 732 g/mol. The fraction of sp³-hybridized carbons (Fsp3) is 0.0263. The van der Waals surface area contributed by atoms with Gasteiger partial charge in [0.25, 0.3) is 0 Å². The number of furan rings is 1. The fourth-order valence-electron chi connectivity index (χ4n) is 5.10. The maximum absolute atomic E-state index is 6.14. The zero-order chi connectivity index (χ0) is 28.3. The molecule has 0 saturated carbocycles. The van der Waals surface area contributed by atoms with Gasteiger partial charge in [-0.2, -0.15) is 0 Å². The maximum atomic E-state index is 6.14. The molecule has 8 rings (SSSR count). The summed E-state index contributed by atoms with van der Waals surface area (Å²) >= 11 is 0. The van der Waals surface area contributed by atoms with Crippen molar-refractivity contribution in [3.8, 4) is 33.6 Å². The van der Waals surface area contributed by atoms with Crippen molar-refractivity contribution in [1.82, 2.24) is 15.0 Å². The van der Waals surface area contributed by atoms with E-state index in [0.717, 1.165) is 55.7 Å². The van der Waals surface area contributed by atoms with Crippen molar-refractivity contribution in [3.05, 3.63) is 152 Å². The number of benzene rings is 4. The third-order valence-corrected chi connectivity index (χ3v) is 7.19. The van der Waals surface area contributed by atoms with Gasteiger partial charge in [-0.1, -0.05) is 65.5 Å². The molecule has 0 atom stereocenters. The van der Waals surface area contributed by atoms with E-state index >= 15 is 0 Å². The molecule has 4 aromatic heterocycles. The Morgan fingerprint density at radius 2 is 1.42 bits per heavy atom. The van der Waals surface area contributed by atoms with Gasteiger partial charge in [0.2, 0.25) is 5.71 Å². The Hall–Kier alpha value is -4.96. The van der Waals surface area contributed by atoms with E-state index in [1.165, 1.54) is 10.8 Å². The van der Waals surface area contributed by atoms with Crippen LogP contribution in [0.3, 0.4) is 0 Å². The Bertz CT molecular complexity index is 2120. The number of rotatable bonds is 3. The quantitative estimate of drug-likeness (QED) is 0.170. The van der Waals surface area contributed by atoms with E-state index in [9.17, 15) is 0 Å². The molecule has 4 nitrogen and oxygen atoms in total. The van der Waals surface area contributed by atoms with E-state index in [1.807, 2.05) is 79.9 Å². The molecule has 5 heteroatoms. The first kappa shape index (κ1) is 28.2. The van der Waals surface area contributed by atoms with Crippen LogP contribution in [-0.4, -0.2) is 15.0 Å². The van der Waals surface area contributed by atoms with Crippen molar-refractivity contribution in [2.45, 2.75) is 6.92 Å². The van der Waals surface area contributed by atoms with Gasteiger partial charge in [0.1, 0.15) is 0 Å². The fourth-order valence-corrected chi connectivity index (χ4v) is 5.10. The van der Waals surface area contributed by atoms with Crippen LogP contribution in [0.25, 0.3) is 66.5 Å². The van der Waals surface area contributed by atoms with Crippen LogP contribution < -0.4 is 0 Å². The molecule has 0 saturated heterocycles. The third-order valence-electron chi connectivity index (χ3n) is 7.19. The second-order valence-electron chi connectivity index (χ2n) is 9.99. The van der Waals surface area contributed by atoms with E-state index in [0.29, 0.717) is 5.71 Å². The standard InChI is InChI=1S/C27H17N2O.C11H8N.Ir/c1-17-9-12-23-22-7-4-8-24(26(22)30-27(23)29-17)25-16-21(13-14-28-25)20-11-10-18-5-2-3-6-19(18)15-20;1-2-6-10(7-3-1)11-8-4-5-9-12-11;/h2-7,9-16H,1H3;1-6,8-9H;/q2*-1;. The number of pyridine rings is 3. The zero-order valence-electron chi connectivity index (χ0n) is 23.3. The van der Waals surface area contributed by atoms with E-state index in [4.69, 9.17) is 4.42 Å². The van der Waals surface area contributed by atoms with Crippen LogP contribution >= 0.6 is 0 Å². The topological polar surface area (TPSA) is 51.8 Å². The van der Waals surface area contributed by atoms with Gasteiger partial charge >= 0.3 is 0 Å². The van der Waals surface area contributed by atoms with E-state index in [1.54, 1.807) is 6.20 Å². The monoisotopic (exact) mass is 732 g/mol. The van der Waals surface area contributed by atoms with Gasteiger partial charge in [0, 0.05) is 43.6 Å². The number of aromatic nitrogens is 3. The number of hydrogen-bond donors (Lipinski definition) is 0. The van der Waals surface area contributed by atoms with Gasteiger partial charge in [-0.25, -0.2) is 4.98 Å². The van der Waals surface area contributed by atoms with Crippen molar-refractivity contribution >= 4 is 32.8 Å². The van der Waals surface area contributed by atoms with Gasteiger partial charge in [-0.3, -0.25) is 0 Å². The molecule has 4 aromatic carbocycles. The second kappa shape index (κ2) is 12.5. The largest absolute Gasteiger partial charge is 0.486 e. The molecule has 4 heterocycles. The average Bonchev–Trinajstić information content (AvgIpc) is 3.43. The second-order valence-corrected chi connectivity index (χ2v) is 9.99. The van der Waals surface area contributed by atoms with Crippen molar-refractivity contribution in [1.29, 1.82) is 0 Å². The first-order chi connectivity index (χ1) is 20.7. The Kier molecular flexibility index (Phi) is 8.19. The Morgan fingerprint density at radius 3 is 2.26 bits per heavy atom. The molecular formula is C38H25IrN3O-2. The van der Waals surface area contributed by atoms with Gasteiger partial charge in [-0.05, 0) is 70.5 Å². The van der Waals surface area contributed by atoms with Crippen molar-refractivity contribution in [2.24, 2.45) is 0 Å². The Morgan fingerprint density at radius 1 is 0.605 bits per heavy atom. The first-order valence-electron chi connectivity index (χ1n) is 13.8. The number of hydrogen-bond acceptors (Lipinski definition) is 4. The molecule has 0 spiro atoms. The van der Waals surface area contributed by atoms with Gasteiger partial charge < -0.3 is 14.4 Å². The molecule has 1 radical (unpaired) electrons. The summed E-state index contributed by atoms with van der Waals surface area (Å²) in [5, 5.41) is 4.50. The van der Waals surface area contributed by atoms with Crippen LogP contribution in [0, 0.1) is 19.1 Å². The summed E-state index contributed by atoms with van der Waals surface area (Å²) in [5.74, 6) is 0. The predicted octanol–water partition coefficient (Wildman–Crippen LogP) is 9.52. The summed E-state index contributed by atoms with van der Waals surface area (Å²) in [6, 6.07) is 47.2. The normalized spacial score (nSPS) is 10.7. The van der Waals surface area contributed by atoms with Crippen LogP contribution in [0.2, 0.25) is 0 Å². The molecular weight excluding hydrogens is 707 g/mol. The molecule has 0 unspecified atom stereocenters. The van der Waals surface area contributed by atoms with E-state index in [-0.39, 0.29) is 20.1 Å². The summed E-state index contributed by atoms with van der Waals surface area (Å²) in [4.78, 5) is 13.4. The van der Waals surface area contributed by atoms with Crippen LogP contribution in [0.1, 0.15) is 5.69 Å². The first-order valence-corrected chi connectivity index (χ1v) is 13.8. The smallest absolute Gasteiger partial charge is 0.216 e. The summed E-state index contributed by atoms with van der Waals surface area (Å²) in [5.41, 5.74) is 8.32. The summed E-state index contributed by atoms with van der Waals surface area (Å²) in [7, 11) is 0. The Balaban J connectivity index is 0.000000213. The molecule has 209 valence electrons. The molecule has 0 fully saturated rings. The number of nitrogens with zero attached hydrogens (tertiary/aromatic N) is 3. The molecule has 43 heavy (non-hydrogen) atoms. The molecule has 8 aromatic rings. The van der Waals surface area contributed by atoms with Crippen LogP contribution in [0.5, 0.6) is 0 Å². The van der Waals surface area contributed by atoms with Gasteiger partial charge in [0.05, 0.1) is 5.58 Å². The predicted molar refractivity (Wildman–Crippen MR) is 170 cm³/mol. The van der Waals surface area contributed by atoms with Crippen molar-refractivity contribution in [3.63, 3.8) is 0 Å². The third kappa shape index (κ3) is 5.87. The van der Waals surface area contributed by atoms with Crippen molar-refractivity contribution < 1.29 is 24.5 Å². The van der Waals surface area contributed by atoms with E-state index < -0.39 is 0 Å². The molecule has 0 amide bonds. The molecule has 0 N–H and O–H groups in total. The Labute approximate surface area is 263 Å². The van der Waals surface area contributed by atoms with Gasteiger partial charge in [0.15, 0.2) is 0 Å². The SMILES string of the molecule is Cc1ccc2c(n1)oc1c(-c3cc(-c4ccc5ccccc5c4)ccn3)[c-]ccc12.[Ir].[c-]1ccccc1-c1ccccn1. The molecule has 0 aliphatic rings. The van der Waals surface area contributed by atoms with Gasteiger partial charge in [-0.15, -0.1) is 54.1 Å². The molecule has 0 aliphatic carbocycles. The van der Waals surface area contributed by atoms with E-state index in [2.05, 4.69) is 81.7 Å². The van der Waals surface area contributed by atoms with Crippen LogP contribution in [0.4, 0.5) is 0 Å². The summed E-state index contributed by atoms with van der Waals surface area (Å²) in [6.45, 7) is 1.97. The zero-order valence-corrected chi connectivity index (χ0v) is 25.7. The van der Waals surface area contributed by atoms with Crippen LogP contribution in [-0.2, 0) is 20.1 Å². The minimum Gasteiger partial charge on any atom is -0.486 e. The minimum atomic E-state index is 0. The molecule has 0 aliphatic heterocycles. The molecule has 0 bridgehead atoms. The maximum Gasteiger partial charge on any atom is 0.216 e. The summed E-state index contributed by atoms with van der Waals surface area (Å²) < 4.78 is 6.14. The number of aryl methyl sites for hydroxylation is 1. The van der Waals surface area contributed by atoms with Crippen molar-refractivity contribution in [2.75, 3.05) is 0 Å². The minimum absolute atomic E-state index is 0.